The summed E-state index contributed by atoms with van der Waals surface area (Å²) in [5, 5.41) is 16.4. The van der Waals surface area contributed by atoms with Crippen molar-refractivity contribution in [2.75, 3.05) is 4.72 Å². The standard InChI is InChI=1S/C11H10ClN3O2S/c1-2-9(7-14)18(16,17)15-11-4-3-8(6-13)5-10(11)12/h3-5,9,15H,2H2,1H3. The lowest BCUT2D eigenvalue weighted by atomic mass is 10.2. The Morgan fingerprint density at radius 2 is 2.11 bits per heavy atom. The van der Waals surface area contributed by atoms with Crippen molar-refractivity contribution in [3.05, 3.63) is 28.8 Å². The molecule has 94 valence electrons. The summed E-state index contributed by atoms with van der Waals surface area (Å²) in [6.45, 7) is 1.60. The van der Waals surface area contributed by atoms with Gasteiger partial charge in [0.05, 0.1) is 28.4 Å². The van der Waals surface area contributed by atoms with E-state index < -0.39 is 15.3 Å². The van der Waals surface area contributed by atoms with E-state index in [-0.39, 0.29) is 17.1 Å². The highest BCUT2D eigenvalue weighted by Crippen LogP contribution is 2.24. The van der Waals surface area contributed by atoms with E-state index in [0.29, 0.717) is 5.56 Å². The fourth-order valence-electron chi connectivity index (χ4n) is 1.27. The Bertz CT molecular complexity index is 629. The van der Waals surface area contributed by atoms with E-state index in [4.69, 9.17) is 22.1 Å². The highest BCUT2D eigenvalue weighted by molar-refractivity contribution is 7.93. The Morgan fingerprint density at radius 1 is 1.44 bits per heavy atom. The van der Waals surface area contributed by atoms with Crippen LogP contribution in [0.2, 0.25) is 5.02 Å². The molecular weight excluding hydrogens is 274 g/mol. The first-order valence-corrected chi connectivity index (χ1v) is 6.98. The van der Waals surface area contributed by atoms with Crippen molar-refractivity contribution in [1.29, 1.82) is 10.5 Å². The zero-order chi connectivity index (χ0) is 13.8. The van der Waals surface area contributed by atoms with Gasteiger partial charge in [0, 0.05) is 0 Å². The molecule has 1 N–H and O–H groups in total. The van der Waals surface area contributed by atoms with Gasteiger partial charge in [0.2, 0.25) is 10.0 Å². The van der Waals surface area contributed by atoms with Crippen molar-refractivity contribution >= 4 is 27.3 Å². The third-order valence-corrected chi connectivity index (χ3v) is 4.24. The number of rotatable bonds is 4. The largest absolute Gasteiger partial charge is 0.281 e. The summed E-state index contributed by atoms with van der Waals surface area (Å²) in [6.07, 6.45) is 0.180. The van der Waals surface area contributed by atoms with E-state index in [2.05, 4.69) is 4.72 Å². The molecule has 1 aromatic rings. The van der Waals surface area contributed by atoms with Gasteiger partial charge in [-0.15, -0.1) is 0 Å². The summed E-state index contributed by atoms with van der Waals surface area (Å²) >= 11 is 5.84. The highest BCUT2D eigenvalue weighted by atomic mass is 35.5. The molecule has 0 saturated carbocycles. The third kappa shape index (κ3) is 3.13. The van der Waals surface area contributed by atoms with Crippen molar-refractivity contribution in [2.24, 2.45) is 0 Å². The van der Waals surface area contributed by atoms with Gasteiger partial charge in [-0.1, -0.05) is 18.5 Å². The quantitative estimate of drug-likeness (QED) is 0.917. The first-order valence-electron chi connectivity index (χ1n) is 5.05. The van der Waals surface area contributed by atoms with Gasteiger partial charge in [0.25, 0.3) is 0 Å². The SMILES string of the molecule is CCC(C#N)S(=O)(=O)Nc1ccc(C#N)cc1Cl. The Hall–Kier alpha value is -1.76. The lowest BCUT2D eigenvalue weighted by Gasteiger charge is -2.12. The fraction of sp³-hybridized carbons (Fsp3) is 0.273. The van der Waals surface area contributed by atoms with E-state index in [0.717, 1.165) is 0 Å². The number of anilines is 1. The Kier molecular flexibility index (Phi) is 4.55. The van der Waals surface area contributed by atoms with Gasteiger partial charge in [-0.05, 0) is 24.6 Å². The number of benzene rings is 1. The molecule has 7 heteroatoms. The lowest BCUT2D eigenvalue weighted by Crippen LogP contribution is -2.26. The van der Waals surface area contributed by atoms with Crippen molar-refractivity contribution < 1.29 is 8.42 Å². The van der Waals surface area contributed by atoms with E-state index >= 15 is 0 Å². The van der Waals surface area contributed by atoms with Gasteiger partial charge in [-0.3, -0.25) is 4.72 Å². The Morgan fingerprint density at radius 3 is 2.56 bits per heavy atom. The zero-order valence-electron chi connectivity index (χ0n) is 9.51. The summed E-state index contributed by atoms with van der Waals surface area (Å²) in [6, 6.07) is 7.78. The van der Waals surface area contributed by atoms with Crippen LogP contribution in [0.3, 0.4) is 0 Å². The first kappa shape index (κ1) is 14.3. The molecular formula is C11H10ClN3O2S. The molecule has 0 amide bonds. The normalized spacial score (nSPS) is 12.2. The molecule has 0 bridgehead atoms. The van der Waals surface area contributed by atoms with Crippen LogP contribution in [0, 0.1) is 22.7 Å². The smallest absolute Gasteiger partial charge is 0.249 e. The maximum absolute atomic E-state index is 11.8. The molecule has 1 atom stereocenters. The molecule has 0 aromatic heterocycles. The predicted molar refractivity (Wildman–Crippen MR) is 68.4 cm³/mol. The molecule has 1 aromatic carbocycles. The van der Waals surface area contributed by atoms with Crippen LogP contribution in [0.15, 0.2) is 18.2 Å². The van der Waals surface area contributed by atoms with E-state index in [9.17, 15) is 8.42 Å². The Balaban J connectivity index is 3.07. The maximum atomic E-state index is 11.8. The molecule has 0 aliphatic carbocycles. The number of hydrogen-bond donors (Lipinski definition) is 1. The topological polar surface area (TPSA) is 93.8 Å². The molecule has 0 heterocycles. The first-order chi connectivity index (χ1) is 8.44. The van der Waals surface area contributed by atoms with Crippen LogP contribution < -0.4 is 4.72 Å². The summed E-state index contributed by atoms with van der Waals surface area (Å²) in [7, 11) is -3.80. The fourth-order valence-corrected chi connectivity index (χ4v) is 2.76. The van der Waals surface area contributed by atoms with Gasteiger partial charge in [-0.25, -0.2) is 8.42 Å². The van der Waals surface area contributed by atoms with Crippen LogP contribution in [0.4, 0.5) is 5.69 Å². The van der Waals surface area contributed by atoms with Gasteiger partial charge in [-0.2, -0.15) is 10.5 Å². The zero-order valence-corrected chi connectivity index (χ0v) is 11.1. The molecule has 5 nitrogen and oxygen atoms in total. The van der Waals surface area contributed by atoms with Crippen molar-refractivity contribution in [3.63, 3.8) is 0 Å². The van der Waals surface area contributed by atoms with Crippen LogP contribution in [0.1, 0.15) is 18.9 Å². The van der Waals surface area contributed by atoms with Crippen molar-refractivity contribution in [2.45, 2.75) is 18.6 Å². The molecule has 0 spiro atoms. The molecule has 0 aliphatic heterocycles. The van der Waals surface area contributed by atoms with Crippen LogP contribution in [0.25, 0.3) is 0 Å². The van der Waals surface area contributed by atoms with Gasteiger partial charge in [0.15, 0.2) is 5.25 Å². The summed E-state index contributed by atoms with van der Waals surface area (Å²) < 4.78 is 25.9. The van der Waals surface area contributed by atoms with Crippen LogP contribution >= 0.6 is 11.6 Å². The van der Waals surface area contributed by atoms with Crippen LogP contribution in [-0.4, -0.2) is 13.7 Å². The second-order valence-corrected chi connectivity index (χ2v) is 5.75. The highest BCUT2D eigenvalue weighted by Gasteiger charge is 2.24. The second-order valence-electron chi connectivity index (χ2n) is 3.48. The average molecular weight is 284 g/mol. The van der Waals surface area contributed by atoms with Gasteiger partial charge >= 0.3 is 0 Å². The molecule has 1 unspecified atom stereocenters. The van der Waals surface area contributed by atoms with Crippen LogP contribution in [-0.2, 0) is 10.0 Å². The minimum absolute atomic E-state index is 0.116. The summed E-state index contributed by atoms with van der Waals surface area (Å²) in [4.78, 5) is 0. The van der Waals surface area contributed by atoms with E-state index in [1.807, 2.05) is 6.07 Å². The monoisotopic (exact) mass is 283 g/mol. The number of nitrogens with zero attached hydrogens (tertiary/aromatic N) is 2. The third-order valence-electron chi connectivity index (χ3n) is 2.24. The summed E-state index contributed by atoms with van der Waals surface area (Å²) in [5.41, 5.74) is 0.486. The number of halogens is 1. The van der Waals surface area contributed by atoms with Crippen LogP contribution in [0.5, 0.6) is 0 Å². The van der Waals surface area contributed by atoms with Crippen molar-refractivity contribution in [1.82, 2.24) is 0 Å². The number of sulfonamides is 1. The van der Waals surface area contributed by atoms with Crippen molar-refractivity contribution in [3.8, 4) is 12.1 Å². The molecule has 1 rings (SSSR count). The maximum Gasteiger partial charge on any atom is 0.249 e. The van der Waals surface area contributed by atoms with Gasteiger partial charge in [0.1, 0.15) is 0 Å². The minimum Gasteiger partial charge on any atom is -0.281 e. The Labute approximate surface area is 111 Å². The number of hydrogen-bond acceptors (Lipinski definition) is 4. The average Bonchev–Trinajstić information content (AvgIpc) is 2.32. The molecule has 0 fully saturated rings. The molecule has 0 saturated heterocycles. The predicted octanol–water partition coefficient (Wildman–Crippen LogP) is 2.26. The summed E-state index contributed by atoms with van der Waals surface area (Å²) in [5.74, 6) is 0. The van der Waals surface area contributed by atoms with Gasteiger partial charge < -0.3 is 0 Å². The lowest BCUT2D eigenvalue weighted by molar-refractivity contribution is 0.593. The minimum atomic E-state index is -3.80. The molecule has 0 radical (unpaired) electrons. The number of nitrogens with one attached hydrogen (secondary N) is 1. The molecule has 18 heavy (non-hydrogen) atoms. The number of nitriles is 2. The second kappa shape index (κ2) is 5.72. The van der Waals surface area contributed by atoms with E-state index in [1.165, 1.54) is 18.2 Å². The van der Waals surface area contributed by atoms with E-state index in [1.54, 1.807) is 13.0 Å². The molecule has 0 aliphatic rings.